The molecule has 1 unspecified atom stereocenters. The number of anilines is 3. The van der Waals surface area contributed by atoms with Crippen molar-refractivity contribution in [2.24, 2.45) is 17.4 Å². The number of nitrogens with one attached hydrogen (secondary N) is 7. The fraction of sp³-hybridized carbons (Fsp3) is 0.536. The molecular formula is C56H83N13O16S. The Hall–Kier alpha value is -8.03. The predicted octanol–water partition coefficient (Wildman–Crippen LogP) is 2.28. The first kappa shape index (κ1) is 70.5. The molecule has 0 radical (unpaired) electrons. The van der Waals surface area contributed by atoms with Crippen LogP contribution in [0, 0.1) is 5.92 Å². The van der Waals surface area contributed by atoms with Gasteiger partial charge in [-0.05, 0) is 60.6 Å². The van der Waals surface area contributed by atoms with E-state index in [4.69, 9.17) is 50.7 Å². The van der Waals surface area contributed by atoms with Crippen molar-refractivity contribution in [1.82, 2.24) is 41.1 Å². The lowest BCUT2D eigenvalue weighted by atomic mass is 10.0. The minimum absolute atomic E-state index is 0.0348. The van der Waals surface area contributed by atoms with Crippen molar-refractivity contribution in [2.45, 2.75) is 102 Å². The summed E-state index contributed by atoms with van der Waals surface area (Å²) >= 11 is 0.704. The average Bonchev–Trinajstić information content (AvgIpc) is 3.40. The highest BCUT2D eigenvalue weighted by Gasteiger charge is 2.30. The Labute approximate surface area is 503 Å². The number of nitrogen functional groups attached to an aromatic ring is 1. The molecule has 2 heterocycles. The Kier molecular flexibility index (Phi) is 31.8. The molecule has 0 aliphatic rings. The number of primary amides is 1. The SMILES string of the molecule is CCCCCNc1nc(N)nc2ccn(Cc3ccc(COCCOCCOCCOCCNC(=O)OCc4ccc(NC(=O)[C@H](CCCNC(N)=O)NC(=O)[C@@H](NC(=O)CNC(=O)C(CC(=O)O)SC[C@H](N)C(=O)O)C(C)C)cc4)cc3OC)c12. The van der Waals surface area contributed by atoms with E-state index >= 15 is 0 Å². The van der Waals surface area contributed by atoms with Gasteiger partial charge in [-0.3, -0.25) is 28.8 Å². The molecule has 0 aliphatic carbocycles. The van der Waals surface area contributed by atoms with Gasteiger partial charge in [0, 0.05) is 42.8 Å². The van der Waals surface area contributed by atoms with Crippen LogP contribution in [0.3, 0.4) is 0 Å². The van der Waals surface area contributed by atoms with E-state index in [9.17, 15) is 43.5 Å². The van der Waals surface area contributed by atoms with Crippen LogP contribution in [0.25, 0.3) is 11.0 Å². The minimum Gasteiger partial charge on any atom is -0.496 e. The van der Waals surface area contributed by atoms with Crippen molar-refractivity contribution < 1.29 is 77.0 Å². The molecule has 2 aromatic heterocycles. The highest BCUT2D eigenvalue weighted by molar-refractivity contribution is 8.00. The summed E-state index contributed by atoms with van der Waals surface area (Å²) in [5, 5.41) is 35.6. The molecule has 2 aromatic carbocycles. The molecule has 0 saturated carbocycles. The fourth-order valence-corrected chi connectivity index (χ4v) is 9.19. The number of nitrogens with zero attached hydrogens (tertiary/aromatic N) is 3. The number of nitrogens with two attached hydrogens (primary N) is 3. The molecule has 29 nitrogen and oxygen atoms in total. The smallest absolute Gasteiger partial charge is 0.407 e. The lowest BCUT2D eigenvalue weighted by molar-refractivity contribution is -0.138. The van der Waals surface area contributed by atoms with Crippen molar-refractivity contribution in [3.63, 3.8) is 0 Å². The van der Waals surface area contributed by atoms with Crippen LogP contribution in [-0.4, -0.2) is 181 Å². The largest absolute Gasteiger partial charge is 0.496 e. The lowest BCUT2D eigenvalue weighted by Crippen LogP contribution is -2.56. The van der Waals surface area contributed by atoms with E-state index in [1.807, 2.05) is 30.5 Å². The minimum atomic E-state index is -1.36. The first-order valence-electron chi connectivity index (χ1n) is 28.1. The van der Waals surface area contributed by atoms with Gasteiger partial charge in [-0.15, -0.1) is 11.8 Å². The van der Waals surface area contributed by atoms with Gasteiger partial charge in [0.1, 0.15) is 36.0 Å². The molecular weight excluding hydrogens is 1140 g/mol. The predicted molar refractivity (Wildman–Crippen MR) is 320 cm³/mol. The van der Waals surface area contributed by atoms with Crippen LogP contribution in [0.5, 0.6) is 5.75 Å². The normalized spacial score (nSPS) is 12.5. The summed E-state index contributed by atoms with van der Waals surface area (Å²) in [6, 6.07) is 9.80. The first-order chi connectivity index (χ1) is 41.3. The number of thioether (sulfide) groups is 1. The Morgan fingerprint density at radius 2 is 1.43 bits per heavy atom. The third-order valence-electron chi connectivity index (χ3n) is 12.6. The number of aliphatic carboxylic acids is 2. The van der Waals surface area contributed by atoms with E-state index in [-0.39, 0.29) is 50.8 Å². The van der Waals surface area contributed by atoms with Crippen molar-refractivity contribution in [2.75, 3.05) is 102 Å². The van der Waals surface area contributed by atoms with Crippen molar-refractivity contribution in [3.8, 4) is 5.75 Å². The van der Waals surface area contributed by atoms with Crippen molar-refractivity contribution in [1.29, 1.82) is 0 Å². The fourth-order valence-electron chi connectivity index (χ4n) is 8.11. The second-order valence-electron chi connectivity index (χ2n) is 19.8. The number of ether oxygens (including phenoxy) is 6. The monoisotopic (exact) mass is 1230 g/mol. The van der Waals surface area contributed by atoms with Gasteiger partial charge < -0.3 is 97.6 Å². The molecule has 4 aromatic rings. The number of hydrogen-bond acceptors (Lipinski definition) is 20. The van der Waals surface area contributed by atoms with Gasteiger partial charge in [0.2, 0.25) is 29.6 Å². The molecule has 4 rings (SSSR count). The van der Waals surface area contributed by atoms with Crippen molar-refractivity contribution >= 4 is 87.9 Å². The molecule has 4 atom stereocenters. The third-order valence-corrected chi connectivity index (χ3v) is 14.0. The summed E-state index contributed by atoms with van der Waals surface area (Å²) in [6.07, 6.45) is 4.15. The standard InChI is InChI=1S/C56H83N13O16S/c1-5-6-7-17-60-49-48-41(66-54(58)68-49)16-20-69(48)31-38-13-10-37(28-43(38)80-4)32-84-27-26-83-25-24-82-23-22-81-21-19-62-56(79)85-33-36-11-14-39(15-12-36)64-50(73)42(9-8-18-61-55(59)78)65-52(75)47(35(2)3)67-45(70)30-63-51(74)44(29-46(71)72)86-34-40(57)53(76)77/h10-16,20,28,35,40,42,44,47H,5-9,17-19,21-27,29-34,57H2,1-4H3,(H,62,79)(H,63,74)(H,64,73)(H,65,75)(H,67,70)(H,71,72)(H,76,77)(H3,59,61,78)(H3,58,60,66,68)/t40-,42-,44?,47-/m0/s1. The number of carboxylic acids is 2. The van der Waals surface area contributed by atoms with Gasteiger partial charge in [-0.2, -0.15) is 4.98 Å². The van der Waals surface area contributed by atoms with Gasteiger partial charge in [-0.1, -0.05) is 57.9 Å². The third kappa shape index (κ3) is 26.5. The molecule has 0 saturated heterocycles. The Morgan fingerprint density at radius 1 is 0.744 bits per heavy atom. The van der Waals surface area contributed by atoms with Crippen LogP contribution < -0.4 is 59.2 Å². The summed E-state index contributed by atoms with van der Waals surface area (Å²) in [5.74, 6) is -4.85. The molecule has 0 fully saturated rings. The number of carbonyl (C=O) groups is 8. The zero-order chi connectivity index (χ0) is 62.8. The van der Waals surface area contributed by atoms with E-state index in [2.05, 4.69) is 58.7 Å². The summed E-state index contributed by atoms with van der Waals surface area (Å²) < 4.78 is 35.7. The van der Waals surface area contributed by atoms with Gasteiger partial charge in [0.25, 0.3) is 0 Å². The van der Waals surface area contributed by atoms with Gasteiger partial charge >= 0.3 is 24.1 Å². The van der Waals surface area contributed by atoms with E-state index in [1.54, 1.807) is 45.2 Å². The maximum atomic E-state index is 13.6. The maximum Gasteiger partial charge on any atom is 0.407 e. The number of carbonyl (C=O) groups excluding carboxylic acids is 6. The summed E-state index contributed by atoms with van der Waals surface area (Å²) in [4.78, 5) is 108. The summed E-state index contributed by atoms with van der Waals surface area (Å²) in [5.41, 5.74) is 21.2. The molecule has 15 N–H and O–H groups in total. The molecule has 0 spiro atoms. The first-order valence-corrected chi connectivity index (χ1v) is 29.2. The van der Waals surface area contributed by atoms with E-state index < -0.39 is 90.0 Å². The van der Waals surface area contributed by atoms with Gasteiger partial charge in [0.05, 0.1) is 90.2 Å². The topological polar surface area (TPSA) is 425 Å². The number of urea groups is 1. The number of alkyl carbamates (subject to hydrolysis) is 1. The zero-order valence-corrected chi connectivity index (χ0v) is 49.8. The average molecular weight is 1230 g/mol. The summed E-state index contributed by atoms with van der Waals surface area (Å²) in [7, 11) is 1.64. The van der Waals surface area contributed by atoms with Crippen LogP contribution >= 0.6 is 11.8 Å². The summed E-state index contributed by atoms with van der Waals surface area (Å²) in [6.45, 7) is 9.01. The number of rotatable bonds is 43. The number of hydrogen-bond donors (Lipinski definition) is 12. The number of benzene rings is 2. The highest BCUT2D eigenvalue weighted by Crippen LogP contribution is 2.28. The second-order valence-corrected chi connectivity index (χ2v) is 21.1. The van der Waals surface area contributed by atoms with Gasteiger partial charge in [-0.25, -0.2) is 14.6 Å². The van der Waals surface area contributed by atoms with Crippen LogP contribution in [0.15, 0.2) is 54.7 Å². The van der Waals surface area contributed by atoms with Crippen LogP contribution in [0.4, 0.5) is 27.0 Å². The Morgan fingerprint density at radius 3 is 2.08 bits per heavy atom. The molecule has 86 heavy (non-hydrogen) atoms. The lowest BCUT2D eigenvalue weighted by Gasteiger charge is -2.25. The highest BCUT2D eigenvalue weighted by atomic mass is 32.2. The van der Waals surface area contributed by atoms with Crippen molar-refractivity contribution in [3.05, 3.63) is 71.4 Å². The Balaban J connectivity index is 1.08. The molecule has 474 valence electrons. The zero-order valence-electron chi connectivity index (χ0n) is 49.0. The number of methoxy groups -OCH3 is 1. The Bertz CT molecular complexity index is 2810. The number of unbranched alkanes of at least 4 members (excludes halogenated alkanes) is 2. The molecule has 0 aliphatic heterocycles. The van der Waals surface area contributed by atoms with Crippen LogP contribution in [-0.2, 0) is 72.2 Å². The molecule has 30 heteroatoms. The van der Waals surface area contributed by atoms with E-state index in [1.165, 1.54) is 0 Å². The maximum absolute atomic E-state index is 13.6. The second kappa shape index (κ2) is 38.8. The molecule has 7 amide bonds. The quantitative estimate of drug-likeness (QED) is 0.0283. The number of amides is 7. The molecule has 0 bridgehead atoms. The number of carboxylic acid groups (broad SMARTS) is 2. The van der Waals surface area contributed by atoms with Crippen LogP contribution in [0.1, 0.15) is 76.0 Å². The van der Waals surface area contributed by atoms with Gasteiger partial charge in [0.15, 0.2) is 5.82 Å². The number of fused-ring (bicyclic) bond motifs is 1. The number of aromatic nitrogens is 3. The van der Waals surface area contributed by atoms with E-state index in [0.717, 1.165) is 53.7 Å². The van der Waals surface area contributed by atoms with Crippen LogP contribution in [0.2, 0.25) is 0 Å². The van der Waals surface area contributed by atoms with E-state index in [0.29, 0.717) is 81.6 Å².